The summed E-state index contributed by atoms with van der Waals surface area (Å²) in [6.45, 7) is 0.422. The van der Waals surface area contributed by atoms with Crippen molar-refractivity contribution in [2.75, 3.05) is 11.5 Å². The molecule has 0 spiro atoms. The average Bonchev–Trinajstić information content (AvgIpc) is 3.13. The van der Waals surface area contributed by atoms with Gasteiger partial charge in [-0.1, -0.05) is 18.2 Å². The highest BCUT2D eigenvalue weighted by Crippen LogP contribution is 2.15. The molecule has 1 amide bonds. The SMILES string of the molecule is O=C(N[C@@H]1CS(=O)(=O)C[C@@H]1NCc1ccco1)c1ccccc1. The number of carbonyl (C=O) groups excluding carboxylic acids is 1. The van der Waals surface area contributed by atoms with E-state index in [9.17, 15) is 13.2 Å². The highest BCUT2D eigenvalue weighted by molar-refractivity contribution is 7.91. The van der Waals surface area contributed by atoms with Crippen molar-refractivity contribution in [3.8, 4) is 0 Å². The highest BCUT2D eigenvalue weighted by Gasteiger charge is 2.38. The first-order valence-electron chi connectivity index (χ1n) is 7.35. The van der Waals surface area contributed by atoms with Crippen molar-refractivity contribution in [1.82, 2.24) is 10.6 Å². The Morgan fingerprint density at radius 2 is 1.83 bits per heavy atom. The Kier molecular flexibility index (Phi) is 4.49. The number of hydrogen-bond acceptors (Lipinski definition) is 5. The van der Waals surface area contributed by atoms with Crippen molar-refractivity contribution in [1.29, 1.82) is 0 Å². The molecular formula is C16H18N2O4S. The molecule has 2 atom stereocenters. The highest BCUT2D eigenvalue weighted by atomic mass is 32.2. The molecule has 23 heavy (non-hydrogen) atoms. The van der Waals surface area contributed by atoms with E-state index in [-0.39, 0.29) is 23.5 Å². The van der Waals surface area contributed by atoms with Gasteiger partial charge in [0, 0.05) is 11.6 Å². The molecule has 1 saturated heterocycles. The van der Waals surface area contributed by atoms with Gasteiger partial charge in [0.25, 0.3) is 5.91 Å². The van der Waals surface area contributed by atoms with Crippen LogP contribution in [0.1, 0.15) is 16.1 Å². The van der Waals surface area contributed by atoms with Gasteiger partial charge in [-0.25, -0.2) is 8.42 Å². The molecule has 1 fully saturated rings. The Labute approximate surface area is 134 Å². The molecule has 1 aromatic heterocycles. The van der Waals surface area contributed by atoms with E-state index in [0.717, 1.165) is 5.76 Å². The summed E-state index contributed by atoms with van der Waals surface area (Å²) in [5, 5.41) is 5.98. The van der Waals surface area contributed by atoms with E-state index < -0.39 is 15.9 Å². The third kappa shape index (κ3) is 4.00. The topological polar surface area (TPSA) is 88.4 Å². The van der Waals surface area contributed by atoms with Crippen LogP contribution in [-0.2, 0) is 16.4 Å². The Balaban J connectivity index is 1.66. The van der Waals surface area contributed by atoms with Crippen molar-refractivity contribution < 1.29 is 17.6 Å². The summed E-state index contributed by atoms with van der Waals surface area (Å²) in [5.41, 5.74) is 0.515. The van der Waals surface area contributed by atoms with Gasteiger partial charge in [-0.2, -0.15) is 0 Å². The molecule has 0 unspecified atom stereocenters. The lowest BCUT2D eigenvalue weighted by molar-refractivity contribution is 0.0935. The molecule has 0 bridgehead atoms. The zero-order chi connectivity index (χ0) is 16.3. The summed E-state index contributed by atoms with van der Waals surface area (Å²) in [6, 6.07) is 11.6. The lowest BCUT2D eigenvalue weighted by Gasteiger charge is -2.20. The molecular weight excluding hydrogens is 316 g/mol. The first kappa shape index (κ1) is 15.8. The minimum absolute atomic E-state index is 0.00739. The van der Waals surface area contributed by atoms with Crippen LogP contribution in [0.3, 0.4) is 0 Å². The quantitative estimate of drug-likeness (QED) is 0.850. The Hall–Kier alpha value is -2.12. The van der Waals surface area contributed by atoms with Crippen molar-refractivity contribution in [3.63, 3.8) is 0 Å². The van der Waals surface area contributed by atoms with E-state index in [1.807, 2.05) is 12.1 Å². The fraction of sp³-hybridized carbons (Fsp3) is 0.312. The summed E-state index contributed by atoms with van der Waals surface area (Å²) in [5.74, 6) is 0.411. The lowest BCUT2D eigenvalue weighted by atomic mass is 10.1. The average molecular weight is 334 g/mol. The van der Waals surface area contributed by atoms with E-state index >= 15 is 0 Å². The molecule has 0 saturated carbocycles. The number of benzene rings is 1. The Morgan fingerprint density at radius 3 is 2.52 bits per heavy atom. The van der Waals surface area contributed by atoms with Gasteiger partial charge in [-0.05, 0) is 24.3 Å². The molecule has 3 rings (SSSR count). The molecule has 1 aliphatic rings. The number of carbonyl (C=O) groups is 1. The van der Waals surface area contributed by atoms with Gasteiger partial charge >= 0.3 is 0 Å². The van der Waals surface area contributed by atoms with Crippen LogP contribution in [0.25, 0.3) is 0 Å². The second-order valence-corrected chi connectivity index (χ2v) is 7.74. The smallest absolute Gasteiger partial charge is 0.251 e. The largest absolute Gasteiger partial charge is 0.468 e. The standard InChI is InChI=1S/C16H18N2O4S/c19-16(12-5-2-1-3-6-12)18-15-11-23(20,21)10-14(15)17-9-13-7-4-8-22-13/h1-8,14-15,17H,9-11H2,(H,18,19)/t14-,15+/m0/s1. The fourth-order valence-corrected chi connectivity index (χ4v) is 4.57. The molecule has 2 aromatic rings. The molecule has 0 aliphatic carbocycles. The van der Waals surface area contributed by atoms with Gasteiger partial charge < -0.3 is 15.1 Å². The zero-order valence-corrected chi connectivity index (χ0v) is 13.3. The number of hydrogen-bond donors (Lipinski definition) is 2. The van der Waals surface area contributed by atoms with Gasteiger partial charge in [-0.15, -0.1) is 0 Å². The number of furan rings is 1. The summed E-state index contributed by atoms with van der Waals surface area (Å²) >= 11 is 0. The molecule has 1 aromatic carbocycles. The number of sulfone groups is 1. The van der Waals surface area contributed by atoms with Crippen LogP contribution in [-0.4, -0.2) is 37.9 Å². The molecule has 6 nitrogen and oxygen atoms in total. The second-order valence-electron chi connectivity index (χ2n) is 5.59. The fourth-order valence-electron chi connectivity index (χ4n) is 2.68. The van der Waals surface area contributed by atoms with Crippen molar-refractivity contribution >= 4 is 15.7 Å². The van der Waals surface area contributed by atoms with Crippen LogP contribution >= 0.6 is 0 Å². The molecule has 2 N–H and O–H groups in total. The summed E-state index contributed by atoms with van der Waals surface area (Å²) in [4.78, 5) is 12.2. The van der Waals surface area contributed by atoms with Gasteiger partial charge in [-0.3, -0.25) is 4.79 Å². The summed E-state index contributed by atoms with van der Waals surface area (Å²) < 4.78 is 29.1. The lowest BCUT2D eigenvalue weighted by Crippen LogP contribution is -2.48. The van der Waals surface area contributed by atoms with E-state index in [1.165, 1.54) is 0 Å². The maximum atomic E-state index is 12.2. The van der Waals surface area contributed by atoms with Crippen molar-refractivity contribution in [2.24, 2.45) is 0 Å². The Morgan fingerprint density at radius 1 is 1.09 bits per heavy atom. The first-order valence-corrected chi connectivity index (χ1v) is 9.18. The van der Waals surface area contributed by atoms with Gasteiger partial charge in [0.15, 0.2) is 9.84 Å². The van der Waals surface area contributed by atoms with E-state index in [4.69, 9.17) is 4.42 Å². The van der Waals surface area contributed by atoms with Gasteiger partial charge in [0.1, 0.15) is 5.76 Å². The third-order valence-corrected chi connectivity index (χ3v) is 5.56. The van der Waals surface area contributed by atoms with E-state index in [0.29, 0.717) is 12.1 Å². The predicted octanol–water partition coefficient (Wildman–Crippen LogP) is 0.965. The monoisotopic (exact) mass is 334 g/mol. The van der Waals surface area contributed by atoms with E-state index in [2.05, 4.69) is 10.6 Å². The number of rotatable bonds is 5. The second kappa shape index (κ2) is 6.55. The molecule has 0 radical (unpaired) electrons. The number of amides is 1. The third-order valence-electron chi connectivity index (χ3n) is 3.82. The minimum Gasteiger partial charge on any atom is -0.468 e. The van der Waals surface area contributed by atoms with Crippen LogP contribution in [0.2, 0.25) is 0 Å². The van der Waals surface area contributed by atoms with E-state index in [1.54, 1.807) is 36.6 Å². The molecule has 122 valence electrons. The predicted molar refractivity (Wildman–Crippen MR) is 85.7 cm³/mol. The minimum atomic E-state index is -3.17. The van der Waals surface area contributed by atoms with Crippen LogP contribution in [0.4, 0.5) is 0 Å². The maximum Gasteiger partial charge on any atom is 0.251 e. The van der Waals surface area contributed by atoms with Crippen LogP contribution in [0.15, 0.2) is 53.1 Å². The molecule has 7 heteroatoms. The van der Waals surface area contributed by atoms with Gasteiger partial charge in [0.2, 0.25) is 0 Å². The number of nitrogens with one attached hydrogen (secondary N) is 2. The van der Waals surface area contributed by atoms with Crippen molar-refractivity contribution in [2.45, 2.75) is 18.6 Å². The van der Waals surface area contributed by atoms with Crippen LogP contribution in [0, 0.1) is 0 Å². The first-order chi connectivity index (χ1) is 11.0. The summed E-state index contributed by atoms with van der Waals surface area (Å²) in [6.07, 6.45) is 1.57. The maximum absolute atomic E-state index is 12.2. The van der Waals surface area contributed by atoms with Crippen LogP contribution < -0.4 is 10.6 Å². The van der Waals surface area contributed by atoms with Gasteiger partial charge in [0.05, 0.1) is 30.4 Å². The Bertz CT molecular complexity index is 757. The van der Waals surface area contributed by atoms with Crippen molar-refractivity contribution in [3.05, 3.63) is 60.1 Å². The zero-order valence-electron chi connectivity index (χ0n) is 12.4. The summed E-state index contributed by atoms with van der Waals surface area (Å²) in [7, 11) is -3.17. The normalized spacial score (nSPS) is 22.8. The molecule has 2 heterocycles. The van der Waals surface area contributed by atoms with Crippen LogP contribution in [0.5, 0.6) is 0 Å². The molecule has 1 aliphatic heterocycles.